The number of nitrogens with one attached hydrogen (secondary N) is 1. The number of hydrogen-bond donors (Lipinski definition) is 2. The Bertz CT molecular complexity index is 1020. The molecule has 7 nitrogen and oxygen atoms in total. The Morgan fingerprint density at radius 2 is 1.77 bits per heavy atom. The van der Waals surface area contributed by atoms with Crippen molar-refractivity contribution in [2.24, 2.45) is 0 Å². The first-order valence-corrected chi connectivity index (χ1v) is 9.46. The Kier molecular flexibility index (Phi) is 6.87. The predicted octanol–water partition coefficient (Wildman–Crippen LogP) is 4.63. The molecule has 3 aromatic rings. The zero-order valence-corrected chi connectivity index (χ0v) is 17.1. The standard InChI is InChI=1S/C23H24N2O5/c1-15(2)21(23(26)27)25-29-13-17-9-11-19(12-10-17)28-14-20-16(3)30-22(24-20)18-7-5-4-6-8-18/h4-12,25H,13-14H2,1-3H3,(H,26,27). The first-order chi connectivity index (χ1) is 14.4. The third-order valence-electron chi connectivity index (χ3n) is 4.34. The molecule has 156 valence electrons. The molecule has 0 spiro atoms. The average Bonchev–Trinajstić information content (AvgIpc) is 3.11. The summed E-state index contributed by atoms with van der Waals surface area (Å²) in [5.41, 5.74) is 5.68. The summed E-state index contributed by atoms with van der Waals surface area (Å²) in [5, 5.41) is 9.09. The van der Waals surface area contributed by atoms with Crippen molar-refractivity contribution in [1.29, 1.82) is 0 Å². The molecule has 0 saturated carbocycles. The van der Waals surface area contributed by atoms with Crippen LogP contribution in [0.2, 0.25) is 0 Å². The van der Waals surface area contributed by atoms with Gasteiger partial charge < -0.3 is 14.3 Å². The summed E-state index contributed by atoms with van der Waals surface area (Å²) in [4.78, 5) is 20.9. The lowest BCUT2D eigenvalue weighted by molar-refractivity contribution is -0.135. The molecular weight excluding hydrogens is 384 g/mol. The van der Waals surface area contributed by atoms with Crippen LogP contribution < -0.4 is 10.2 Å². The number of rotatable bonds is 9. The number of oxazole rings is 1. The summed E-state index contributed by atoms with van der Waals surface area (Å²) in [6, 6.07) is 17.1. The number of carbonyl (C=O) groups is 1. The monoisotopic (exact) mass is 408 g/mol. The Morgan fingerprint density at radius 1 is 1.07 bits per heavy atom. The van der Waals surface area contributed by atoms with Crippen molar-refractivity contribution in [2.45, 2.75) is 34.0 Å². The Balaban J connectivity index is 1.53. The van der Waals surface area contributed by atoms with Gasteiger partial charge >= 0.3 is 5.97 Å². The summed E-state index contributed by atoms with van der Waals surface area (Å²) in [7, 11) is 0. The van der Waals surface area contributed by atoms with Crippen LogP contribution in [0.3, 0.4) is 0 Å². The van der Waals surface area contributed by atoms with Crippen molar-refractivity contribution in [3.05, 3.63) is 82.9 Å². The van der Waals surface area contributed by atoms with Crippen LogP contribution in [-0.4, -0.2) is 16.1 Å². The number of ether oxygens (including phenoxy) is 1. The molecule has 0 atom stereocenters. The van der Waals surface area contributed by atoms with Crippen LogP contribution in [0.15, 0.2) is 70.3 Å². The highest BCUT2D eigenvalue weighted by Crippen LogP contribution is 2.22. The van der Waals surface area contributed by atoms with Crippen LogP contribution in [0.1, 0.15) is 30.9 Å². The highest BCUT2D eigenvalue weighted by atomic mass is 16.6. The molecular formula is C23H24N2O5. The topological polar surface area (TPSA) is 93.8 Å². The Morgan fingerprint density at radius 3 is 2.40 bits per heavy atom. The van der Waals surface area contributed by atoms with Crippen LogP contribution in [0.5, 0.6) is 5.75 Å². The third kappa shape index (κ3) is 5.48. The van der Waals surface area contributed by atoms with Crippen molar-refractivity contribution in [1.82, 2.24) is 10.5 Å². The van der Waals surface area contributed by atoms with Gasteiger partial charge in [0.2, 0.25) is 5.89 Å². The molecule has 0 bridgehead atoms. The molecule has 3 rings (SSSR count). The summed E-state index contributed by atoms with van der Waals surface area (Å²) < 4.78 is 11.6. The lowest BCUT2D eigenvalue weighted by Gasteiger charge is -2.10. The van der Waals surface area contributed by atoms with Gasteiger partial charge in [0.25, 0.3) is 0 Å². The van der Waals surface area contributed by atoms with Gasteiger partial charge in [0.1, 0.15) is 29.5 Å². The molecule has 1 aromatic heterocycles. The number of benzene rings is 2. The second kappa shape index (κ2) is 9.76. The van der Waals surface area contributed by atoms with Gasteiger partial charge in [0.15, 0.2) is 0 Å². The van der Waals surface area contributed by atoms with E-state index in [9.17, 15) is 4.79 Å². The second-order valence-electron chi connectivity index (χ2n) is 6.89. The minimum Gasteiger partial charge on any atom is -0.487 e. The largest absolute Gasteiger partial charge is 0.487 e. The Hall–Kier alpha value is -3.58. The van der Waals surface area contributed by atoms with Gasteiger partial charge in [-0.25, -0.2) is 9.78 Å². The van der Waals surface area contributed by atoms with E-state index in [4.69, 9.17) is 19.1 Å². The maximum atomic E-state index is 11.1. The SMILES string of the molecule is CC(C)=C(NOCc1ccc(OCc2nc(-c3ccccc3)oc2C)cc1)C(=O)O. The maximum absolute atomic E-state index is 11.1. The number of hydrogen-bond acceptors (Lipinski definition) is 6. The number of aromatic nitrogens is 1. The highest BCUT2D eigenvalue weighted by molar-refractivity contribution is 5.86. The molecule has 30 heavy (non-hydrogen) atoms. The molecule has 0 radical (unpaired) electrons. The fraction of sp³-hybridized carbons (Fsp3) is 0.217. The lowest BCUT2D eigenvalue weighted by Crippen LogP contribution is -2.21. The molecule has 0 unspecified atom stereocenters. The van der Waals surface area contributed by atoms with E-state index in [1.165, 1.54) is 0 Å². The van der Waals surface area contributed by atoms with Crippen molar-refractivity contribution in [3.8, 4) is 17.2 Å². The molecule has 0 amide bonds. The van der Waals surface area contributed by atoms with Gasteiger partial charge in [-0.1, -0.05) is 30.3 Å². The first kappa shape index (κ1) is 21.1. The molecule has 0 fully saturated rings. The zero-order valence-electron chi connectivity index (χ0n) is 17.1. The fourth-order valence-electron chi connectivity index (χ4n) is 2.65. The van der Waals surface area contributed by atoms with Gasteiger partial charge in [0, 0.05) is 5.56 Å². The van der Waals surface area contributed by atoms with E-state index >= 15 is 0 Å². The molecule has 0 aliphatic carbocycles. The van der Waals surface area contributed by atoms with Crippen LogP contribution in [-0.2, 0) is 22.8 Å². The van der Waals surface area contributed by atoms with Crippen LogP contribution in [0, 0.1) is 6.92 Å². The number of allylic oxidation sites excluding steroid dienone is 1. The van der Waals surface area contributed by atoms with Crippen LogP contribution >= 0.6 is 0 Å². The fourth-order valence-corrected chi connectivity index (χ4v) is 2.65. The molecule has 2 aromatic carbocycles. The number of aliphatic carboxylic acids is 1. The summed E-state index contributed by atoms with van der Waals surface area (Å²) in [6.45, 7) is 5.77. The van der Waals surface area contributed by atoms with Crippen LogP contribution in [0.25, 0.3) is 11.5 Å². The maximum Gasteiger partial charge on any atom is 0.354 e. The van der Waals surface area contributed by atoms with Crippen molar-refractivity contribution >= 4 is 5.97 Å². The molecule has 0 saturated heterocycles. The van der Waals surface area contributed by atoms with E-state index in [1.54, 1.807) is 13.8 Å². The number of aryl methyl sites for hydroxylation is 1. The number of carboxylic acid groups (broad SMARTS) is 1. The number of carboxylic acids is 1. The molecule has 2 N–H and O–H groups in total. The number of hydroxylamine groups is 1. The van der Waals surface area contributed by atoms with E-state index in [2.05, 4.69) is 10.5 Å². The zero-order chi connectivity index (χ0) is 21.5. The minimum atomic E-state index is -1.06. The van der Waals surface area contributed by atoms with E-state index in [-0.39, 0.29) is 12.3 Å². The molecule has 0 aliphatic heterocycles. The summed E-state index contributed by atoms with van der Waals surface area (Å²) in [6.07, 6.45) is 0. The van der Waals surface area contributed by atoms with E-state index in [1.807, 2.05) is 61.5 Å². The quantitative estimate of drug-likeness (QED) is 0.394. The normalized spacial score (nSPS) is 10.5. The van der Waals surface area contributed by atoms with E-state index in [0.29, 0.717) is 23.8 Å². The van der Waals surface area contributed by atoms with Gasteiger partial charge in [-0.3, -0.25) is 10.3 Å². The molecule has 0 aliphatic rings. The lowest BCUT2D eigenvalue weighted by atomic mass is 10.2. The average molecular weight is 408 g/mol. The van der Waals surface area contributed by atoms with Crippen molar-refractivity contribution in [2.75, 3.05) is 0 Å². The summed E-state index contributed by atoms with van der Waals surface area (Å²) in [5.74, 6) is 0.922. The van der Waals surface area contributed by atoms with E-state index < -0.39 is 5.97 Å². The third-order valence-corrected chi connectivity index (χ3v) is 4.34. The minimum absolute atomic E-state index is 0.0350. The van der Waals surface area contributed by atoms with Gasteiger partial charge in [-0.15, -0.1) is 0 Å². The highest BCUT2D eigenvalue weighted by Gasteiger charge is 2.12. The van der Waals surface area contributed by atoms with Gasteiger partial charge in [0.05, 0.1) is 6.61 Å². The van der Waals surface area contributed by atoms with Crippen molar-refractivity contribution < 1.29 is 23.9 Å². The van der Waals surface area contributed by atoms with Gasteiger partial charge in [-0.05, 0) is 56.2 Å². The summed E-state index contributed by atoms with van der Waals surface area (Å²) >= 11 is 0. The smallest absolute Gasteiger partial charge is 0.354 e. The molecule has 1 heterocycles. The Labute approximate surface area is 174 Å². The van der Waals surface area contributed by atoms with Gasteiger partial charge in [-0.2, -0.15) is 0 Å². The van der Waals surface area contributed by atoms with Crippen molar-refractivity contribution in [3.63, 3.8) is 0 Å². The molecule has 7 heteroatoms. The van der Waals surface area contributed by atoms with Crippen LogP contribution in [0.4, 0.5) is 0 Å². The first-order valence-electron chi connectivity index (χ1n) is 9.46. The second-order valence-corrected chi connectivity index (χ2v) is 6.89. The van der Waals surface area contributed by atoms with E-state index in [0.717, 1.165) is 22.6 Å². The number of nitrogens with zero attached hydrogens (tertiary/aromatic N) is 1. The predicted molar refractivity (Wildman–Crippen MR) is 111 cm³/mol.